The predicted octanol–water partition coefficient (Wildman–Crippen LogP) is 1.03. The molecule has 0 unspecified atom stereocenters. The van der Waals surface area contributed by atoms with Gasteiger partial charge in [0, 0.05) is 51.5 Å². The van der Waals surface area contributed by atoms with Gasteiger partial charge in [-0.05, 0) is 43.7 Å². The van der Waals surface area contributed by atoms with Crippen LogP contribution in [0.2, 0.25) is 0 Å². The first-order chi connectivity index (χ1) is 12.2. The van der Waals surface area contributed by atoms with E-state index in [4.69, 9.17) is 4.74 Å². The second-order valence-corrected chi connectivity index (χ2v) is 6.93. The van der Waals surface area contributed by atoms with E-state index in [-0.39, 0.29) is 5.91 Å². The number of carbonyl (C=O) groups excluding carboxylic acids is 1. The normalized spacial score (nSPS) is 22.6. The number of nitrogens with one attached hydrogen (secondary N) is 1. The van der Waals surface area contributed by atoms with Gasteiger partial charge in [-0.1, -0.05) is 0 Å². The highest BCUT2D eigenvalue weighted by molar-refractivity contribution is 5.77. The Balaban J connectivity index is 1.50. The van der Waals surface area contributed by atoms with Crippen molar-refractivity contribution >= 4 is 11.6 Å². The van der Waals surface area contributed by atoms with Gasteiger partial charge >= 0.3 is 0 Å². The molecule has 2 aliphatic rings. The van der Waals surface area contributed by atoms with Crippen LogP contribution in [0.15, 0.2) is 24.3 Å². The lowest BCUT2D eigenvalue weighted by Crippen LogP contribution is -2.55. The number of ether oxygens (including phenoxy) is 1. The third-order valence-corrected chi connectivity index (χ3v) is 5.39. The van der Waals surface area contributed by atoms with Crippen LogP contribution >= 0.6 is 0 Å². The number of nitrogens with zero attached hydrogens (tertiary/aromatic N) is 3. The zero-order chi connectivity index (χ0) is 17.6. The molecule has 6 heteroatoms. The van der Waals surface area contributed by atoms with Crippen molar-refractivity contribution in [2.45, 2.75) is 18.9 Å². The molecule has 2 heterocycles. The molecule has 0 aliphatic carbocycles. The molecule has 25 heavy (non-hydrogen) atoms. The van der Waals surface area contributed by atoms with Crippen LogP contribution in [0.25, 0.3) is 0 Å². The van der Waals surface area contributed by atoms with E-state index in [1.807, 2.05) is 12.1 Å². The molecule has 0 saturated carbocycles. The Bertz CT molecular complexity index is 555. The standard InChI is InChI=1S/C19H30N4O2/c1-20-19(24)15-21-9-3-4-17(14-21)23-12-10-22(11-13-23)16-5-7-18(25-2)8-6-16/h5-8,17H,3-4,9-15H2,1-2H3,(H,20,24)/t17-/m1/s1. The van der Waals surface area contributed by atoms with Gasteiger partial charge in [-0.2, -0.15) is 0 Å². The van der Waals surface area contributed by atoms with Crippen LogP contribution in [0.3, 0.4) is 0 Å². The van der Waals surface area contributed by atoms with Crippen LogP contribution in [0.4, 0.5) is 5.69 Å². The quantitative estimate of drug-likeness (QED) is 0.863. The summed E-state index contributed by atoms with van der Waals surface area (Å²) in [6, 6.07) is 8.91. The number of hydrogen-bond acceptors (Lipinski definition) is 5. The molecule has 2 aliphatic heterocycles. The van der Waals surface area contributed by atoms with Crippen molar-refractivity contribution in [1.82, 2.24) is 15.1 Å². The maximum atomic E-state index is 11.6. The van der Waals surface area contributed by atoms with Gasteiger partial charge in [0.25, 0.3) is 0 Å². The van der Waals surface area contributed by atoms with Gasteiger partial charge in [0.1, 0.15) is 5.75 Å². The van der Waals surface area contributed by atoms with Gasteiger partial charge in [0.2, 0.25) is 5.91 Å². The number of benzene rings is 1. The summed E-state index contributed by atoms with van der Waals surface area (Å²) in [4.78, 5) is 19.0. The number of likely N-dealkylation sites (tertiary alicyclic amines) is 1. The van der Waals surface area contributed by atoms with E-state index in [0.717, 1.165) is 45.0 Å². The molecule has 1 atom stereocenters. The monoisotopic (exact) mass is 346 g/mol. The lowest BCUT2D eigenvalue weighted by atomic mass is 10.0. The van der Waals surface area contributed by atoms with E-state index in [9.17, 15) is 4.79 Å². The van der Waals surface area contributed by atoms with Gasteiger partial charge in [0.05, 0.1) is 13.7 Å². The lowest BCUT2D eigenvalue weighted by molar-refractivity contribution is -0.122. The SMILES string of the molecule is CNC(=O)CN1CCC[C@@H](N2CCN(c3ccc(OC)cc3)CC2)C1. The number of likely N-dealkylation sites (N-methyl/N-ethyl adjacent to an activating group) is 1. The second kappa shape index (κ2) is 8.54. The molecule has 0 spiro atoms. The van der Waals surface area contributed by atoms with E-state index >= 15 is 0 Å². The summed E-state index contributed by atoms with van der Waals surface area (Å²) < 4.78 is 5.24. The van der Waals surface area contributed by atoms with Crippen LogP contribution in [0.1, 0.15) is 12.8 Å². The van der Waals surface area contributed by atoms with Crippen molar-refractivity contribution in [3.63, 3.8) is 0 Å². The fraction of sp³-hybridized carbons (Fsp3) is 0.632. The van der Waals surface area contributed by atoms with Gasteiger partial charge in [0.15, 0.2) is 0 Å². The summed E-state index contributed by atoms with van der Waals surface area (Å²) in [7, 11) is 3.41. The van der Waals surface area contributed by atoms with Gasteiger partial charge < -0.3 is 15.0 Å². The number of amides is 1. The molecule has 6 nitrogen and oxygen atoms in total. The molecule has 3 rings (SSSR count). The Morgan fingerprint density at radius 2 is 1.88 bits per heavy atom. The Kier molecular flexibility index (Phi) is 6.15. The first-order valence-electron chi connectivity index (χ1n) is 9.25. The molecule has 1 N–H and O–H groups in total. The van der Waals surface area contributed by atoms with Gasteiger partial charge in [-0.3, -0.25) is 14.6 Å². The van der Waals surface area contributed by atoms with Gasteiger partial charge in [-0.25, -0.2) is 0 Å². The molecule has 2 fully saturated rings. The summed E-state index contributed by atoms with van der Waals surface area (Å²) >= 11 is 0. The van der Waals surface area contributed by atoms with E-state index in [1.165, 1.54) is 18.5 Å². The first kappa shape index (κ1) is 18.0. The smallest absolute Gasteiger partial charge is 0.233 e. The maximum Gasteiger partial charge on any atom is 0.233 e. The summed E-state index contributed by atoms with van der Waals surface area (Å²) in [5.41, 5.74) is 1.27. The summed E-state index contributed by atoms with van der Waals surface area (Å²) in [6.07, 6.45) is 2.42. The van der Waals surface area contributed by atoms with Crippen molar-refractivity contribution in [1.29, 1.82) is 0 Å². The van der Waals surface area contributed by atoms with Crippen LogP contribution in [-0.4, -0.2) is 81.7 Å². The Morgan fingerprint density at radius 3 is 2.52 bits per heavy atom. The largest absolute Gasteiger partial charge is 0.497 e. The van der Waals surface area contributed by atoms with Crippen LogP contribution in [0.5, 0.6) is 5.75 Å². The minimum atomic E-state index is 0.116. The predicted molar refractivity (Wildman–Crippen MR) is 100 cm³/mol. The zero-order valence-corrected chi connectivity index (χ0v) is 15.4. The Morgan fingerprint density at radius 1 is 1.16 bits per heavy atom. The first-order valence-corrected chi connectivity index (χ1v) is 9.25. The van der Waals surface area contributed by atoms with Crippen molar-refractivity contribution in [2.75, 3.05) is 64.9 Å². The summed E-state index contributed by atoms with van der Waals surface area (Å²) in [6.45, 7) is 6.86. The minimum Gasteiger partial charge on any atom is -0.497 e. The van der Waals surface area contributed by atoms with Crippen LogP contribution in [-0.2, 0) is 4.79 Å². The van der Waals surface area contributed by atoms with Crippen molar-refractivity contribution in [2.24, 2.45) is 0 Å². The van der Waals surface area contributed by atoms with E-state index < -0.39 is 0 Å². The number of anilines is 1. The molecule has 1 aromatic rings. The molecule has 138 valence electrons. The average molecular weight is 346 g/mol. The number of hydrogen-bond donors (Lipinski definition) is 1. The molecule has 2 saturated heterocycles. The van der Waals surface area contributed by atoms with Crippen molar-refractivity contribution < 1.29 is 9.53 Å². The third kappa shape index (κ3) is 4.64. The number of piperidine rings is 1. The molecule has 0 aromatic heterocycles. The van der Waals surface area contributed by atoms with Crippen LogP contribution < -0.4 is 15.0 Å². The highest BCUT2D eigenvalue weighted by Gasteiger charge is 2.28. The Hall–Kier alpha value is -1.79. The fourth-order valence-electron chi connectivity index (χ4n) is 3.89. The topological polar surface area (TPSA) is 48.1 Å². The number of carbonyl (C=O) groups is 1. The maximum absolute atomic E-state index is 11.6. The van der Waals surface area contributed by atoms with E-state index in [2.05, 4.69) is 32.1 Å². The highest BCUT2D eigenvalue weighted by atomic mass is 16.5. The van der Waals surface area contributed by atoms with E-state index in [1.54, 1.807) is 14.2 Å². The van der Waals surface area contributed by atoms with Crippen LogP contribution in [0, 0.1) is 0 Å². The lowest BCUT2D eigenvalue weighted by Gasteiger charge is -2.43. The third-order valence-electron chi connectivity index (χ3n) is 5.39. The molecule has 0 bridgehead atoms. The number of rotatable bonds is 5. The average Bonchev–Trinajstić information content (AvgIpc) is 2.68. The molecule has 1 amide bonds. The second-order valence-electron chi connectivity index (χ2n) is 6.93. The van der Waals surface area contributed by atoms with Crippen molar-refractivity contribution in [3.05, 3.63) is 24.3 Å². The highest BCUT2D eigenvalue weighted by Crippen LogP contribution is 2.23. The summed E-state index contributed by atoms with van der Waals surface area (Å²) in [5.74, 6) is 1.02. The van der Waals surface area contributed by atoms with Gasteiger partial charge in [-0.15, -0.1) is 0 Å². The zero-order valence-electron chi connectivity index (χ0n) is 15.4. The number of piperazine rings is 1. The molecule has 0 radical (unpaired) electrons. The molecule has 1 aromatic carbocycles. The summed E-state index contributed by atoms with van der Waals surface area (Å²) in [5, 5.41) is 2.73. The fourth-order valence-corrected chi connectivity index (χ4v) is 3.89. The van der Waals surface area contributed by atoms with E-state index in [0.29, 0.717) is 12.6 Å². The number of methoxy groups -OCH3 is 1. The van der Waals surface area contributed by atoms with Crippen molar-refractivity contribution in [3.8, 4) is 5.75 Å². The minimum absolute atomic E-state index is 0.116. The molecular formula is C19H30N4O2. The molecular weight excluding hydrogens is 316 g/mol. The Labute approximate surface area is 150 Å².